The van der Waals surface area contributed by atoms with Crippen molar-refractivity contribution in [3.8, 4) is 34.2 Å². The SMILES string of the molecule is c1ccc(-c2cc(-n3c4ccccc4c4c5c6ccccc6n(-c6ccccc6)c5ccc43)nc(-c3cccc4sc5ccccc5c34)n2)cc1. The van der Waals surface area contributed by atoms with Gasteiger partial charge in [0.1, 0.15) is 5.82 Å². The molecule has 0 saturated carbocycles. The normalized spacial score (nSPS) is 11.9. The molecule has 51 heavy (non-hydrogen) atoms. The molecule has 0 fully saturated rings. The fourth-order valence-corrected chi connectivity index (χ4v) is 9.14. The maximum atomic E-state index is 5.45. The van der Waals surface area contributed by atoms with E-state index in [1.807, 2.05) is 11.3 Å². The van der Waals surface area contributed by atoms with Gasteiger partial charge in [-0.1, -0.05) is 115 Å². The maximum Gasteiger partial charge on any atom is 0.162 e. The van der Waals surface area contributed by atoms with Gasteiger partial charge in [-0.3, -0.25) is 4.57 Å². The third-order valence-corrected chi connectivity index (χ3v) is 11.3. The molecule has 4 aromatic heterocycles. The van der Waals surface area contributed by atoms with Crippen molar-refractivity contribution in [2.24, 2.45) is 0 Å². The fraction of sp³-hybridized carbons (Fsp3) is 0. The van der Waals surface area contributed by atoms with E-state index in [4.69, 9.17) is 9.97 Å². The van der Waals surface area contributed by atoms with E-state index in [-0.39, 0.29) is 0 Å². The van der Waals surface area contributed by atoms with E-state index in [0.29, 0.717) is 5.82 Å². The van der Waals surface area contributed by atoms with Crippen LogP contribution in [0.15, 0.2) is 170 Å². The van der Waals surface area contributed by atoms with Crippen LogP contribution in [0.5, 0.6) is 0 Å². The molecule has 0 N–H and O–H groups in total. The van der Waals surface area contributed by atoms with Crippen LogP contribution in [0.25, 0.3) is 97.9 Å². The number of fused-ring (bicyclic) bond motifs is 10. The first-order chi connectivity index (χ1) is 25.3. The lowest BCUT2D eigenvalue weighted by atomic mass is 10.1. The van der Waals surface area contributed by atoms with Gasteiger partial charge in [0, 0.05) is 64.6 Å². The highest BCUT2D eigenvalue weighted by Gasteiger charge is 2.22. The van der Waals surface area contributed by atoms with Crippen LogP contribution in [0.3, 0.4) is 0 Å². The molecule has 0 atom stereocenters. The average Bonchev–Trinajstić information content (AvgIpc) is 3.86. The van der Waals surface area contributed by atoms with Gasteiger partial charge in [-0.2, -0.15) is 0 Å². The quantitative estimate of drug-likeness (QED) is 0.187. The van der Waals surface area contributed by atoms with Gasteiger partial charge in [0.15, 0.2) is 5.82 Å². The molecule has 238 valence electrons. The lowest BCUT2D eigenvalue weighted by molar-refractivity contribution is 1.05. The molecule has 4 nitrogen and oxygen atoms in total. The Morgan fingerprint density at radius 1 is 0.412 bits per heavy atom. The molecular formula is C46H28N4S. The van der Waals surface area contributed by atoms with Crippen molar-refractivity contribution in [2.45, 2.75) is 0 Å². The van der Waals surface area contributed by atoms with Crippen LogP contribution >= 0.6 is 11.3 Å². The van der Waals surface area contributed by atoms with E-state index in [0.717, 1.165) is 39.4 Å². The highest BCUT2D eigenvalue weighted by atomic mass is 32.1. The first kappa shape index (κ1) is 28.3. The van der Waals surface area contributed by atoms with Crippen LogP contribution in [0.1, 0.15) is 0 Å². The monoisotopic (exact) mass is 668 g/mol. The average molecular weight is 669 g/mol. The molecule has 5 heteroatoms. The number of aromatic nitrogens is 4. The molecule has 11 aromatic rings. The summed E-state index contributed by atoms with van der Waals surface area (Å²) < 4.78 is 7.22. The predicted octanol–water partition coefficient (Wildman–Crippen LogP) is 12.4. The van der Waals surface area contributed by atoms with Crippen molar-refractivity contribution in [2.75, 3.05) is 0 Å². The third kappa shape index (κ3) is 4.19. The Kier molecular flexibility index (Phi) is 6.09. The molecule has 0 spiro atoms. The summed E-state index contributed by atoms with van der Waals surface area (Å²) in [5.74, 6) is 1.56. The standard InChI is InChI=1S/C46H28N4S/c1-3-14-29(15-4-1)35-28-42(48-46(47-35)34-21-13-25-41-43(34)33-20-9-12-24-40(33)51-41)50-37-23-11-8-19-32(37)45-39(50)27-26-38-44(45)31-18-7-10-22-36(31)49(38)30-16-5-2-6-17-30/h1-28H. The zero-order chi connectivity index (χ0) is 33.5. The van der Waals surface area contributed by atoms with Crippen LogP contribution in [-0.4, -0.2) is 19.1 Å². The van der Waals surface area contributed by atoms with Crippen LogP contribution in [0.2, 0.25) is 0 Å². The minimum Gasteiger partial charge on any atom is -0.309 e. The molecule has 0 aliphatic heterocycles. The summed E-state index contributed by atoms with van der Waals surface area (Å²) in [5.41, 5.74) is 8.73. The van der Waals surface area contributed by atoms with Gasteiger partial charge in [0.2, 0.25) is 0 Å². The molecule has 0 radical (unpaired) electrons. The lowest BCUT2D eigenvalue weighted by Gasteiger charge is -2.13. The van der Waals surface area contributed by atoms with Gasteiger partial charge in [0.25, 0.3) is 0 Å². The molecule has 0 aliphatic rings. The van der Waals surface area contributed by atoms with E-state index < -0.39 is 0 Å². The second-order valence-electron chi connectivity index (χ2n) is 13.0. The van der Waals surface area contributed by atoms with Crippen molar-refractivity contribution in [3.63, 3.8) is 0 Å². The molecule has 0 bridgehead atoms. The molecule has 0 aliphatic carbocycles. The molecule has 7 aromatic carbocycles. The topological polar surface area (TPSA) is 35.6 Å². The van der Waals surface area contributed by atoms with Gasteiger partial charge in [-0.15, -0.1) is 11.3 Å². The Morgan fingerprint density at radius 2 is 1.00 bits per heavy atom. The van der Waals surface area contributed by atoms with Crippen molar-refractivity contribution < 1.29 is 0 Å². The molecule has 0 amide bonds. The van der Waals surface area contributed by atoms with Crippen molar-refractivity contribution >= 4 is 75.1 Å². The largest absolute Gasteiger partial charge is 0.309 e. The van der Waals surface area contributed by atoms with Gasteiger partial charge in [-0.05, 0) is 48.5 Å². The zero-order valence-electron chi connectivity index (χ0n) is 27.4. The number of para-hydroxylation sites is 3. The summed E-state index contributed by atoms with van der Waals surface area (Å²) in [6.45, 7) is 0. The predicted molar refractivity (Wildman–Crippen MR) is 214 cm³/mol. The second-order valence-corrected chi connectivity index (χ2v) is 14.1. The van der Waals surface area contributed by atoms with E-state index in [2.05, 4.69) is 179 Å². The first-order valence-corrected chi connectivity index (χ1v) is 18.0. The third-order valence-electron chi connectivity index (χ3n) is 10.1. The summed E-state index contributed by atoms with van der Waals surface area (Å²) in [5, 5.41) is 7.33. The Hall–Kier alpha value is -6.56. The Bertz CT molecular complexity index is 3130. The Labute approximate surface area is 297 Å². The van der Waals surface area contributed by atoms with Crippen molar-refractivity contribution in [1.82, 2.24) is 19.1 Å². The molecule has 0 unspecified atom stereocenters. The number of benzene rings is 7. The number of nitrogens with zero attached hydrogens (tertiary/aromatic N) is 4. The van der Waals surface area contributed by atoms with E-state index in [9.17, 15) is 0 Å². The first-order valence-electron chi connectivity index (χ1n) is 17.2. The Morgan fingerprint density at radius 3 is 1.75 bits per heavy atom. The zero-order valence-corrected chi connectivity index (χ0v) is 28.2. The van der Waals surface area contributed by atoms with Gasteiger partial charge in [-0.25, -0.2) is 9.97 Å². The molecule has 4 heterocycles. The highest BCUT2D eigenvalue weighted by Crippen LogP contribution is 2.43. The minimum atomic E-state index is 0.716. The minimum absolute atomic E-state index is 0.716. The van der Waals surface area contributed by atoms with Crippen LogP contribution in [0.4, 0.5) is 0 Å². The second kappa shape index (κ2) is 11.0. The van der Waals surface area contributed by atoms with E-state index >= 15 is 0 Å². The number of hydrogen-bond donors (Lipinski definition) is 0. The fourth-order valence-electron chi connectivity index (χ4n) is 8.01. The molecule has 11 rings (SSSR count). The van der Waals surface area contributed by atoms with Gasteiger partial charge >= 0.3 is 0 Å². The van der Waals surface area contributed by atoms with Gasteiger partial charge < -0.3 is 4.57 Å². The summed E-state index contributed by atoms with van der Waals surface area (Å²) in [6, 6.07) is 60.4. The van der Waals surface area contributed by atoms with Crippen LogP contribution in [-0.2, 0) is 0 Å². The van der Waals surface area contributed by atoms with Crippen molar-refractivity contribution in [3.05, 3.63) is 170 Å². The number of rotatable bonds is 4. The summed E-state index contributed by atoms with van der Waals surface area (Å²) >= 11 is 1.82. The number of hydrogen-bond acceptors (Lipinski definition) is 3. The summed E-state index contributed by atoms with van der Waals surface area (Å²) in [7, 11) is 0. The smallest absolute Gasteiger partial charge is 0.162 e. The lowest BCUT2D eigenvalue weighted by Crippen LogP contribution is -2.02. The van der Waals surface area contributed by atoms with Crippen LogP contribution in [0, 0.1) is 0 Å². The summed E-state index contributed by atoms with van der Waals surface area (Å²) in [4.78, 5) is 10.7. The Balaban J connectivity index is 1.26. The highest BCUT2D eigenvalue weighted by molar-refractivity contribution is 7.25. The van der Waals surface area contributed by atoms with E-state index in [1.165, 1.54) is 52.8 Å². The van der Waals surface area contributed by atoms with Crippen LogP contribution < -0.4 is 0 Å². The molecule has 0 saturated heterocycles. The maximum absolute atomic E-state index is 5.45. The summed E-state index contributed by atoms with van der Waals surface area (Å²) in [6.07, 6.45) is 0. The molecular weight excluding hydrogens is 641 g/mol. The number of thiophene rings is 1. The van der Waals surface area contributed by atoms with Crippen molar-refractivity contribution in [1.29, 1.82) is 0 Å². The van der Waals surface area contributed by atoms with Gasteiger partial charge in [0.05, 0.1) is 27.8 Å². The van der Waals surface area contributed by atoms with E-state index in [1.54, 1.807) is 0 Å².